The Bertz CT molecular complexity index is 1480. The highest BCUT2D eigenvalue weighted by Gasteiger charge is 2.28. The Balaban J connectivity index is 0.00000320. The van der Waals surface area contributed by atoms with Crippen LogP contribution in [0.5, 0.6) is 17.2 Å². The second-order valence-corrected chi connectivity index (χ2v) is 10.6. The largest absolute Gasteiger partial charge is 0.496 e. The van der Waals surface area contributed by atoms with Crippen molar-refractivity contribution in [3.05, 3.63) is 36.5 Å². The summed E-state index contributed by atoms with van der Waals surface area (Å²) in [5, 5.41) is 8.66. The lowest BCUT2D eigenvalue weighted by Crippen LogP contribution is -2.43. The molecule has 0 atom stereocenters. The third-order valence-electron chi connectivity index (χ3n) is 5.81. The number of benzene rings is 2. The van der Waals surface area contributed by atoms with E-state index in [0.29, 0.717) is 16.7 Å². The number of ether oxygens (including phenoxy) is 3. The summed E-state index contributed by atoms with van der Waals surface area (Å²) in [6.07, 6.45) is 1.82. The van der Waals surface area contributed by atoms with Gasteiger partial charge in [0.15, 0.2) is 21.4 Å². The van der Waals surface area contributed by atoms with Crippen LogP contribution in [0.1, 0.15) is 0 Å². The summed E-state index contributed by atoms with van der Waals surface area (Å²) in [4.78, 5) is 7.61. The van der Waals surface area contributed by atoms with Gasteiger partial charge in [-0.25, -0.2) is 13.4 Å². The number of nitrogens with one attached hydrogen (secondary N) is 2. The maximum absolute atomic E-state index is 13.3. The number of anilines is 2. The van der Waals surface area contributed by atoms with E-state index in [1.807, 2.05) is 12.3 Å². The van der Waals surface area contributed by atoms with Crippen LogP contribution in [-0.2, 0) is 10.0 Å². The predicted molar refractivity (Wildman–Crippen MR) is 144 cm³/mol. The smallest absolute Gasteiger partial charge is 0.270 e. The molecule has 2 aromatic heterocycles. The van der Waals surface area contributed by atoms with Crippen molar-refractivity contribution in [1.29, 1.82) is 0 Å². The molecule has 0 saturated carbocycles. The van der Waals surface area contributed by atoms with Crippen molar-refractivity contribution < 1.29 is 27.2 Å². The minimum absolute atomic E-state index is 0. The van der Waals surface area contributed by atoms with Gasteiger partial charge in [-0.15, -0.1) is 12.4 Å². The molecular weight excluding hydrogens is 542 g/mol. The van der Waals surface area contributed by atoms with Crippen molar-refractivity contribution in [2.45, 2.75) is 4.90 Å². The Morgan fingerprint density at radius 3 is 2.38 bits per heavy atom. The molecule has 0 amide bonds. The number of rotatable bonds is 8. The summed E-state index contributed by atoms with van der Waals surface area (Å²) in [7, 11) is 0.124. The van der Waals surface area contributed by atoms with Gasteiger partial charge in [-0.05, 0) is 24.3 Å². The lowest BCUT2D eigenvalue weighted by atomic mass is 10.1. The molecule has 1 aliphatic rings. The number of aromatic nitrogens is 2. The first-order valence-corrected chi connectivity index (χ1v) is 13.4. The van der Waals surface area contributed by atoms with Crippen LogP contribution in [-0.4, -0.2) is 66.1 Å². The van der Waals surface area contributed by atoms with Crippen LogP contribution >= 0.6 is 23.7 Å². The fourth-order valence-electron chi connectivity index (χ4n) is 4.07. The molecule has 0 unspecified atom stereocenters. The van der Waals surface area contributed by atoms with Crippen LogP contribution < -0.4 is 29.1 Å². The second-order valence-electron chi connectivity index (χ2n) is 7.92. The minimum atomic E-state index is -4.15. The number of piperazine rings is 1. The molecule has 1 aliphatic heterocycles. The van der Waals surface area contributed by atoms with Gasteiger partial charge < -0.3 is 29.0 Å². The highest BCUT2D eigenvalue weighted by Crippen LogP contribution is 2.41. The first-order chi connectivity index (χ1) is 17.4. The van der Waals surface area contributed by atoms with Gasteiger partial charge in [0.25, 0.3) is 10.0 Å². The molecule has 0 radical (unpaired) electrons. The van der Waals surface area contributed by atoms with Crippen molar-refractivity contribution in [3.8, 4) is 27.7 Å². The van der Waals surface area contributed by atoms with Gasteiger partial charge >= 0.3 is 0 Å². The number of fused-ring (bicyclic) bond motifs is 1. The van der Waals surface area contributed by atoms with Crippen LogP contribution in [0.4, 0.5) is 10.9 Å². The van der Waals surface area contributed by atoms with Gasteiger partial charge in [0.1, 0.15) is 22.6 Å². The van der Waals surface area contributed by atoms with E-state index in [4.69, 9.17) is 18.7 Å². The van der Waals surface area contributed by atoms with E-state index in [1.54, 1.807) is 23.5 Å². The molecule has 37 heavy (non-hydrogen) atoms. The number of hydrogen-bond donors (Lipinski definition) is 2. The van der Waals surface area contributed by atoms with E-state index < -0.39 is 10.0 Å². The number of halogens is 1. The monoisotopic (exact) mass is 567 g/mol. The second kappa shape index (κ2) is 11.0. The van der Waals surface area contributed by atoms with Crippen molar-refractivity contribution in [2.75, 3.05) is 57.1 Å². The van der Waals surface area contributed by atoms with Gasteiger partial charge in [-0.1, -0.05) is 22.6 Å². The quantitative estimate of drug-likeness (QED) is 0.326. The molecule has 2 N–H and O–H groups in total. The van der Waals surface area contributed by atoms with E-state index >= 15 is 0 Å². The SMILES string of the molecule is COc1cccc(OC)c1S(=O)(=O)Nc1noc2cc(-c3cnc(N4CCNCC4)s3)cc(OC)c12.Cl. The van der Waals surface area contributed by atoms with E-state index in [1.165, 1.54) is 33.5 Å². The summed E-state index contributed by atoms with van der Waals surface area (Å²) in [5.41, 5.74) is 1.20. The highest BCUT2D eigenvalue weighted by atomic mass is 35.5. The summed E-state index contributed by atoms with van der Waals surface area (Å²) in [6, 6.07) is 8.32. The lowest BCUT2D eigenvalue weighted by molar-refractivity contribution is 0.373. The number of hydrogen-bond acceptors (Lipinski definition) is 11. The van der Waals surface area contributed by atoms with Crippen LogP contribution in [0.25, 0.3) is 21.4 Å². The van der Waals surface area contributed by atoms with E-state index in [0.717, 1.165) is 41.8 Å². The summed E-state index contributed by atoms with van der Waals surface area (Å²) in [6.45, 7) is 3.65. The first-order valence-electron chi connectivity index (χ1n) is 11.1. The van der Waals surface area contributed by atoms with Gasteiger partial charge in [-0.3, -0.25) is 4.72 Å². The molecule has 1 saturated heterocycles. The topological polar surface area (TPSA) is 128 Å². The molecule has 0 spiro atoms. The van der Waals surface area contributed by atoms with Gasteiger partial charge in [0, 0.05) is 37.9 Å². The van der Waals surface area contributed by atoms with Crippen molar-refractivity contribution in [3.63, 3.8) is 0 Å². The number of methoxy groups -OCH3 is 3. The Hall–Kier alpha value is -3.26. The molecule has 5 rings (SSSR count). The molecular formula is C23H26ClN5O6S2. The molecule has 3 heterocycles. The lowest BCUT2D eigenvalue weighted by Gasteiger charge is -2.26. The Morgan fingerprint density at radius 2 is 1.73 bits per heavy atom. The van der Waals surface area contributed by atoms with Gasteiger partial charge in [0.05, 0.1) is 26.2 Å². The molecule has 14 heteroatoms. The zero-order valence-corrected chi connectivity index (χ0v) is 22.8. The maximum atomic E-state index is 13.3. The molecule has 11 nitrogen and oxygen atoms in total. The molecule has 0 aliphatic carbocycles. The van der Waals surface area contributed by atoms with Crippen LogP contribution in [0.15, 0.2) is 45.9 Å². The van der Waals surface area contributed by atoms with E-state index in [2.05, 4.69) is 25.1 Å². The zero-order valence-electron chi connectivity index (χ0n) is 20.3. The third-order valence-corrected chi connectivity index (χ3v) is 8.31. The number of nitrogens with zero attached hydrogens (tertiary/aromatic N) is 3. The zero-order chi connectivity index (χ0) is 25.3. The Labute approximate surface area is 224 Å². The average Bonchev–Trinajstić information content (AvgIpc) is 3.56. The maximum Gasteiger partial charge on any atom is 0.270 e. The third kappa shape index (κ3) is 5.12. The van der Waals surface area contributed by atoms with Crippen LogP contribution in [0.2, 0.25) is 0 Å². The Kier molecular flexibility index (Phi) is 7.97. The minimum Gasteiger partial charge on any atom is -0.496 e. The number of sulfonamides is 1. The molecule has 0 bridgehead atoms. The first kappa shape index (κ1) is 26.8. The number of thiazole rings is 1. The van der Waals surface area contributed by atoms with Crippen molar-refractivity contribution >= 4 is 55.7 Å². The van der Waals surface area contributed by atoms with Crippen molar-refractivity contribution in [1.82, 2.24) is 15.5 Å². The fraction of sp³-hybridized carbons (Fsp3) is 0.304. The normalized spacial score (nSPS) is 13.8. The molecule has 4 aromatic rings. The van der Waals surface area contributed by atoms with Gasteiger partial charge in [-0.2, -0.15) is 0 Å². The Morgan fingerprint density at radius 1 is 1.05 bits per heavy atom. The summed E-state index contributed by atoms with van der Waals surface area (Å²) >= 11 is 1.57. The van der Waals surface area contributed by atoms with Crippen LogP contribution in [0.3, 0.4) is 0 Å². The average molecular weight is 568 g/mol. The summed E-state index contributed by atoms with van der Waals surface area (Å²) in [5.74, 6) is 0.668. The van der Waals surface area contributed by atoms with E-state index in [9.17, 15) is 8.42 Å². The molecule has 2 aromatic carbocycles. The summed E-state index contributed by atoms with van der Waals surface area (Å²) < 4.78 is 50.8. The molecule has 1 fully saturated rings. The van der Waals surface area contributed by atoms with E-state index in [-0.39, 0.29) is 34.6 Å². The highest BCUT2D eigenvalue weighted by molar-refractivity contribution is 7.93. The fourth-order valence-corrected chi connectivity index (χ4v) is 6.35. The molecule has 198 valence electrons. The van der Waals surface area contributed by atoms with Crippen molar-refractivity contribution in [2.24, 2.45) is 0 Å². The predicted octanol–water partition coefficient (Wildman–Crippen LogP) is 3.61. The van der Waals surface area contributed by atoms with Gasteiger partial charge in [0.2, 0.25) is 0 Å². The van der Waals surface area contributed by atoms with Crippen LogP contribution in [0, 0.1) is 0 Å². The standard InChI is InChI=1S/C23H25N5O6S2.ClH/c1-31-15-5-4-6-16(32-2)21(15)36(29,30)27-22-20-17(33-3)11-14(12-18(20)34-26-22)19-13-25-23(35-19)28-9-7-24-8-10-28;/h4-6,11-13,24H,7-10H2,1-3H3,(H,26,27);1H.